The minimum Gasteiger partial charge on any atom is -0.355 e. The maximum atomic E-state index is 12.5. The van der Waals surface area contributed by atoms with Crippen LogP contribution in [0.5, 0.6) is 0 Å². The standard InChI is InChI=1S/C17H19ClN6O3/c1-22(16-3-2-8-19-21-16)12-6-9-23(10-7-12)17(25)20-15-5-4-13(24(26)27)11-14(15)18/h2-5,8,11-12H,6-7,9-10H2,1H3,(H,20,25). The fraction of sp³-hybridized carbons (Fsp3) is 0.353. The number of aromatic nitrogens is 2. The second-order valence-electron chi connectivity index (χ2n) is 6.26. The molecule has 1 fully saturated rings. The molecule has 1 N–H and O–H groups in total. The number of nitro benzene ring substituents is 1. The minimum absolute atomic E-state index is 0.120. The van der Waals surface area contributed by atoms with Crippen molar-refractivity contribution in [2.24, 2.45) is 0 Å². The number of hydrogen-bond donors (Lipinski definition) is 1. The molecular formula is C17H19ClN6O3. The molecule has 1 aromatic carbocycles. The third-order valence-electron chi connectivity index (χ3n) is 4.62. The zero-order chi connectivity index (χ0) is 19.4. The van der Waals surface area contributed by atoms with E-state index in [-0.39, 0.29) is 22.8 Å². The van der Waals surface area contributed by atoms with Crippen LogP contribution in [0.25, 0.3) is 0 Å². The van der Waals surface area contributed by atoms with Gasteiger partial charge in [0.15, 0.2) is 5.82 Å². The van der Waals surface area contributed by atoms with Crippen molar-refractivity contribution in [2.45, 2.75) is 18.9 Å². The van der Waals surface area contributed by atoms with E-state index in [4.69, 9.17) is 11.6 Å². The van der Waals surface area contributed by atoms with Crippen molar-refractivity contribution in [1.82, 2.24) is 15.1 Å². The summed E-state index contributed by atoms with van der Waals surface area (Å²) in [5.41, 5.74) is 0.233. The van der Waals surface area contributed by atoms with Crippen LogP contribution in [0.3, 0.4) is 0 Å². The lowest BCUT2D eigenvalue weighted by Gasteiger charge is -2.37. The summed E-state index contributed by atoms with van der Waals surface area (Å²) in [4.78, 5) is 26.5. The van der Waals surface area contributed by atoms with Gasteiger partial charge in [0.2, 0.25) is 0 Å². The second kappa shape index (κ2) is 8.17. The van der Waals surface area contributed by atoms with Crippen LogP contribution in [0.1, 0.15) is 12.8 Å². The Hall–Kier alpha value is -2.94. The highest BCUT2D eigenvalue weighted by Gasteiger charge is 2.26. The number of amides is 2. The predicted octanol–water partition coefficient (Wildman–Crippen LogP) is 3.17. The number of halogens is 1. The number of non-ortho nitro benzene ring substituents is 1. The molecule has 1 aromatic heterocycles. The van der Waals surface area contributed by atoms with E-state index in [9.17, 15) is 14.9 Å². The molecule has 2 heterocycles. The number of rotatable bonds is 4. The lowest BCUT2D eigenvalue weighted by molar-refractivity contribution is -0.384. The summed E-state index contributed by atoms with van der Waals surface area (Å²) in [6, 6.07) is 7.72. The van der Waals surface area contributed by atoms with Crippen LogP contribution in [-0.2, 0) is 0 Å². The molecule has 0 aliphatic carbocycles. The molecule has 0 spiro atoms. The number of carbonyl (C=O) groups is 1. The summed E-state index contributed by atoms with van der Waals surface area (Å²) in [6.45, 7) is 1.18. The van der Waals surface area contributed by atoms with E-state index in [1.807, 2.05) is 19.2 Å². The summed E-state index contributed by atoms with van der Waals surface area (Å²) in [5.74, 6) is 0.804. The van der Waals surface area contributed by atoms with Gasteiger partial charge in [-0.3, -0.25) is 10.1 Å². The SMILES string of the molecule is CN(c1cccnn1)C1CCN(C(=O)Nc2ccc([N+](=O)[O-])cc2Cl)CC1. The number of nitrogens with zero attached hydrogens (tertiary/aromatic N) is 5. The van der Waals surface area contributed by atoms with Crippen molar-refractivity contribution in [3.8, 4) is 0 Å². The largest absolute Gasteiger partial charge is 0.355 e. The van der Waals surface area contributed by atoms with Crippen molar-refractivity contribution in [3.63, 3.8) is 0 Å². The molecule has 2 aromatic rings. The number of anilines is 2. The van der Waals surface area contributed by atoms with Gasteiger partial charge in [0.05, 0.1) is 15.6 Å². The lowest BCUT2D eigenvalue weighted by atomic mass is 10.0. The Morgan fingerprint density at radius 3 is 2.70 bits per heavy atom. The van der Waals surface area contributed by atoms with Crippen molar-refractivity contribution in [3.05, 3.63) is 51.7 Å². The zero-order valence-corrected chi connectivity index (χ0v) is 15.5. The fourth-order valence-electron chi connectivity index (χ4n) is 3.04. The maximum Gasteiger partial charge on any atom is 0.321 e. The molecule has 1 aliphatic heterocycles. The number of benzene rings is 1. The molecule has 10 heteroatoms. The van der Waals surface area contributed by atoms with Gasteiger partial charge in [0, 0.05) is 44.5 Å². The van der Waals surface area contributed by atoms with Gasteiger partial charge >= 0.3 is 6.03 Å². The third kappa shape index (κ3) is 4.43. The van der Waals surface area contributed by atoms with E-state index in [2.05, 4.69) is 20.4 Å². The average Bonchev–Trinajstić information content (AvgIpc) is 2.69. The van der Waals surface area contributed by atoms with Gasteiger partial charge in [-0.1, -0.05) is 11.6 Å². The van der Waals surface area contributed by atoms with Crippen LogP contribution in [0, 0.1) is 10.1 Å². The van der Waals surface area contributed by atoms with Crippen LogP contribution in [0.4, 0.5) is 22.0 Å². The van der Waals surface area contributed by atoms with E-state index in [1.165, 1.54) is 18.2 Å². The molecule has 0 unspecified atom stereocenters. The number of carbonyl (C=O) groups excluding carboxylic acids is 1. The summed E-state index contributed by atoms with van der Waals surface area (Å²) in [5, 5.41) is 21.6. The van der Waals surface area contributed by atoms with Gasteiger partial charge in [-0.25, -0.2) is 4.79 Å². The molecule has 0 radical (unpaired) electrons. The van der Waals surface area contributed by atoms with Crippen LogP contribution >= 0.6 is 11.6 Å². The molecule has 1 saturated heterocycles. The van der Waals surface area contributed by atoms with Gasteiger partial charge in [-0.2, -0.15) is 5.10 Å². The molecule has 2 amide bonds. The van der Waals surface area contributed by atoms with Crippen molar-refractivity contribution in [1.29, 1.82) is 0 Å². The number of nitro groups is 1. The first-order valence-electron chi connectivity index (χ1n) is 8.46. The third-order valence-corrected chi connectivity index (χ3v) is 4.94. The Labute approximate surface area is 161 Å². The highest BCUT2D eigenvalue weighted by atomic mass is 35.5. The summed E-state index contributed by atoms with van der Waals surface area (Å²) in [6.07, 6.45) is 3.23. The molecule has 0 bridgehead atoms. The topological polar surface area (TPSA) is 104 Å². The Balaban J connectivity index is 1.56. The number of nitrogens with one attached hydrogen (secondary N) is 1. The van der Waals surface area contributed by atoms with E-state index in [1.54, 1.807) is 11.1 Å². The molecule has 9 nitrogen and oxygen atoms in total. The second-order valence-corrected chi connectivity index (χ2v) is 6.67. The molecule has 27 heavy (non-hydrogen) atoms. The van der Waals surface area contributed by atoms with E-state index in [0.717, 1.165) is 18.7 Å². The highest BCUT2D eigenvalue weighted by Crippen LogP contribution is 2.27. The zero-order valence-electron chi connectivity index (χ0n) is 14.7. The monoisotopic (exact) mass is 390 g/mol. The normalized spacial score (nSPS) is 14.7. The lowest BCUT2D eigenvalue weighted by Crippen LogP contribution is -2.47. The Morgan fingerprint density at radius 2 is 2.11 bits per heavy atom. The van der Waals surface area contributed by atoms with Crippen molar-refractivity contribution in [2.75, 3.05) is 30.4 Å². The maximum absolute atomic E-state index is 12.5. The number of urea groups is 1. The van der Waals surface area contributed by atoms with E-state index < -0.39 is 4.92 Å². The predicted molar refractivity (Wildman–Crippen MR) is 102 cm³/mol. The van der Waals surface area contributed by atoms with Gasteiger partial charge in [0.25, 0.3) is 5.69 Å². The van der Waals surface area contributed by atoms with E-state index in [0.29, 0.717) is 18.8 Å². The van der Waals surface area contributed by atoms with Crippen LogP contribution in [0.2, 0.25) is 5.02 Å². The molecule has 142 valence electrons. The van der Waals surface area contributed by atoms with Crippen molar-refractivity contribution < 1.29 is 9.72 Å². The van der Waals surface area contributed by atoms with Crippen LogP contribution in [-0.4, -0.2) is 52.2 Å². The molecule has 3 rings (SSSR count). The summed E-state index contributed by atoms with van der Waals surface area (Å²) < 4.78 is 0. The number of piperidine rings is 1. The summed E-state index contributed by atoms with van der Waals surface area (Å²) >= 11 is 6.03. The van der Waals surface area contributed by atoms with Crippen LogP contribution < -0.4 is 10.2 Å². The van der Waals surface area contributed by atoms with E-state index >= 15 is 0 Å². The van der Waals surface area contributed by atoms with Gasteiger partial charge in [-0.05, 0) is 31.0 Å². The molecule has 1 aliphatic rings. The Morgan fingerprint density at radius 1 is 1.37 bits per heavy atom. The first-order chi connectivity index (χ1) is 13.0. The smallest absolute Gasteiger partial charge is 0.321 e. The van der Waals surface area contributed by atoms with Gasteiger partial charge < -0.3 is 15.1 Å². The molecule has 0 atom stereocenters. The molecule has 0 saturated carbocycles. The first kappa shape index (κ1) is 18.8. The van der Waals surface area contributed by atoms with Crippen LogP contribution in [0.15, 0.2) is 36.5 Å². The van der Waals surface area contributed by atoms with Crippen molar-refractivity contribution >= 4 is 34.8 Å². The molecular weight excluding hydrogens is 372 g/mol. The first-order valence-corrected chi connectivity index (χ1v) is 8.84. The fourth-order valence-corrected chi connectivity index (χ4v) is 3.26. The Kier molecular flexibility index (Phi) is 5.70. The van der Waals surface area contributed by atoms with Gasteiger partial charge in [-0.15, -0.1) is 5.10 Å². The quantitative estimate of drug-likeness (QED) is 0.635. The average molecular weight is 391 g/mol. The number of hydrogen-bond acceptors (Lipinski definition) is 6. The van der Waals surface area contributed by atoms with Gasteiger partial charge in [0.1, 0.15) is 0 Å². The minimum atomic E-state index is -0.532. The number of likely N-dealkylation sites (tertiary alicyclic amines) is 1. The highest BCUT2D eigenvalue weighted by molar-refractivity contribution is 6.33. The Bertz CT molecular complexity index is 827. The summed E-state index contributed by atoms with van der Waals surface area (Å²) in [7, 11) is 1.97.